The number of nitrogens with zero attached hydrogens (tertiary/aromatic N) is 1. The first kappa shape index (κ1) is 12.9. The van der Waals surface area contributed by atoms with Crippen molar-refractivity contribution in [3.63, 3.8) is 0 Å². The van der Waals surface area contributed by atoms with Crippen LogP contribution in [0, 0.1) is 5.41 Å². The lowest BCUT2D eigenvalue weighted by atomic mass is 9.87. The van der Waals surface area contributed by atoms with E-state index in [1.165, 1.54) is 18.4 Å². The van der Waals surface area contributed by atoms with E-state index in [1.807, 2.05) is 17.0 Å². The molecule has 3 rings (SSSR count). The Morgan fingerprint density at radius 1 is 1.21 bits per heavy atom. The quantitative estimate of drug-likeness (QED) is 0.797. The number of hydrogen-bond donors (Lipinski definition) is 0. The Bertz CT molecular complexity index is 526. The maximum absolute atomic E-state index is 12.7. The molecule has 1 aliphatic heterocycles. The molecule has 1 saturated carbocycles. The molecule has 1 aromatic rings. The highest BCUT2D eigenvalue weighted by Crippen LogP contribution is 2.46. The highest BCUT2D eigenvalue weighted by Gasteiger charge is 2.46. The normalized spacial score (nSPS) is 21.3. The Kier molecular flexibility index (Phi) is 3.25. The lowest BCUT2D eigenvalue weighted by Crippen LogP contribution is -2.33. The van der Waals surface area contributed by atoms with Gasteiger partial charge in [0, 0.05) is 10.2 Å². The second-order valence-electron chi connectivity index (χ2n) is 5.67. The molecule has 1 heterocycles. The van der Waals surface area contributed by atoms with Gasteiger partial charge in [-0.1, -0.05) is 40.9 Å². The van der Waals surface area contributed by atoms with Gasteiger partial charge in [0.1, 0.15) is 0 Å². The van der Waals surface area contributed by atoms with E-state index in [0.717, 1.165) is 23.0 Å². The van der Waals surface area contributed by atoms with Crippen molar-refractivity contribution < 1.29 is 4.79 Å². The van der Waals surface area contributed by atoms with Gasteiger partial charge in [-0.25, -0.2) is 0 Å². The van der Waals surface area contributed by atoms with Crippen molar-refractivity contribution in [1.82, 2.24) is 4.90 Å². The van der Waals surface area contributed by atoms with E-state index < -0.39 is 0 Å². The fourth-order valence-electron chi connectivity index (χ4n) is 3.30. The third kappa shape index (κ3) is 2.25. The van der Waals surface area contributed by atoms with Gasteiger partial charge >= 0.3 is 0 Å². The monoisotopic (exact) mass is 319 g/mol. The molecule has 3 heteroatoms. The van der Waals surface area contributed by atoms with Gasteiger partial charge in [-0.05, 0) is 43.5 Å². The first-order valence-corrected chi connectivity index (χ1v) is 7.66. The first-order valence-electron chi connectivity index (χ1n) is 6.87. The van der Waals surface area contributed by atoms with E-state index >= 15 is 0 Å². The van der Waals surface area contributed by atoms with Crippen LogP contribution in [0.1, 0.15) is 38.2 Å². The van der Waals surface area contributed by atoms with Crippen molar-refractivity contribution >= 4 is 21.8 Å². The fourth-order valence-corrected chi connectivity index (χ4v) is 3.57. The van der Waals surface area contributed by atoms with E-state index in [2.05, 4.69) is 41.1 Å². The van der Waals surface area contributed by atoms with Crippen molar-refractivity contribution in [2.45, 2.75) is 39.2 Å². The SMILES string of the molecule is CC1=CC2(CCCC2)C(=O)N1Cc1ccc(Br)cc1. The molecule has 0 atom stereocenters. The Morgan fingerprint density at radius 3 is 2.47 bits per heavy atom. The molecule has 0 radical (unpaired) electrons. The van der Waals surface area contributed by atoms with Crippen LogP contribution in [-0.2, 0) is 11.3 Å². The number of carbonyl (C=O) groups is 1. The van der Waals surface area contributed by atoms with Crippen molar-refractivity contribution in [2.75, 3.05) is 0 Å². The molecule has 2 nitrogen and oxygen atoms in total. The average molecular weight is 320 g/mol. The third-order valence-electron chi connectivity index (χ3n) is 4.33. The molecule has 0 unspecified atom stereocenters. The van der Waals surface area contributed by atoms with Gasteiger partial charge in [-0.2, -0.15) is 0 Å². The zero-order valence-corrected chi connectivity index (χ0v) is 12.7. The first-order chi connectivity index (χ1) is 9.11. The summed E-state index contributed by atoms with van der Waals surface area (Å²) >= 11 is 3.44. The molecule has 0 N–H and O–H groups in total. The summed E-state index contributed by atoms with van der Waals surface area (Å²) < 4.78 is 1.07. The molecule has 1 spiro atoms. The number of rotatable bonds is 2. The van der Waals surface area contributed by atoms with E-state index in [0.29, 0.717) is 12.5 Å². The van der Waals surface area contributed by atoms with Gasteiger partial charge < -0.3 is 4.90 Å². The van der Waals surface area contributed by atoms with Crippen molar-refractivity contribution in [2.24, 2.45) is 5.41 Å². The molecule has 2 aliphatic rings. The van der Waals surface area contributed by atoms with Crippen molar-refractivity contribution in [3.05, 3.63) is 46.1 Å². The zero-order valence-electron chi connectivity index (χ0n) is 11.2. The number of amides is 1. The Balaban J connectivity index is 1.81. The number of allylic oxidation sites excluding steroid dienone is 1. The second-order valence-corrected chi connectivity index (χ2v) is 6.58. The number of halogens is 1. The maximum Gasteiger partial charge on any atom is 0.237 e. The minimum Gasteiger partial charge on any atom is -0.312 e. The van der Waals surface area contributed by atoms with E-state index in [-0.39, 0.29) is 5.41 Å². The van der Waals surface area contributed by atoms with Crippen LogP contribution in [0.15, 0.2) is 40.5 Å². The molecular weight excluding hydrogens is 302 g/mol. The number of benzene rings is 1. The molecule has 0 bridgehead atoms. The maximum atomic E-state index is 12.7. The van der Waals surface area contributed by atoms with Crippen LogP contribution < -0.4 is 0 Å². The summed E-state index contributed by atoms with van der Waals surface area (Å²) in [6.07, 6.45) is 6.63. The molecule has 0 aromatic heterocycles. The van der Waals surface area contributed by atoms with Gasteiger partial charge in [-0.15, -0.1) is 0 Å². The van der Waals surface area contributed by atoms with Crippen LogP contribution in [0.2, 0.25) is 0 Å². The van der Waals surface area contributed by atoms with Gasteiger partial charge in [0.05, 0.1) is 12.0 Å². The van der Waals surface area contributed by atoms with Crippen LogP contribution >= 0.6 is 15.9 Å². The minimum absolute atomic E-state index is 0.167. The largest absolute Gasteiger partial charge is 0.312 e. The lowest BCUT2D eigenvalue weighted by Gasteiger charge is -2.24. The molecule has 1 fully saturated rings. The Labute approximate surface area is 122 Å². The summed E-state index contributed by atoms with van der Waals surface area (Å²) in [6.45, 7) is 2.75. The topological polar surface area (TPSA) is 20.3 Å². The standard InChI is InChI=1S/C16H18BrNO/c1-12-10-16(8-2-3-9-16)15(19)18(12)11-13-4-6-14(17)7-5-13/h4-7,10H,2-3,8-9,11H2,1H3. The van der Waals surface area contributed by atoms with Crippen molar-refractivity contribution in [3.8, 4) is 0 Å². The molecule has 1 amide bonds. The highest BCUT2D eigenvalue weighted by molar-refractivity contribution is 9.10. The van der Waals surface area contributed by atoms with Crippen LogP contribution in [0.5, 0.6) is 0 Å². The summed E-state index contributed by atoms with van der Waals surface area (Å²) in [6, 6.07) is 8.20. The van der Waals surface area contributed by atoms with Crippen LogP contribution in [0.25, 0.3) is 0 Å². The predicted octanol–water partition coefficient (Wildman–Crippen LogP) is 4.26. The molecular formula is C16H18BrNO. The summed E-state index contributed by atoms with van der Waals surface area (Å²) in [5.41, 5.74) is 2.13. The van der Waals surface area contributed by atoms with Gasteiger partial charge in [0.25, 0.3) is 0 Å². The van der Waals surface area contributed by atoms with Crippen LogP contribution in [0.4, 0.5) is 0 Å². The van der Waals surface area contributed by atoms with E-state index in [4.69, 9.17) is 0 Å². The van der Waals surface area contributed by atoms with Crippen LogP contribution in [-0.4, -0.2) is 10.8 Å². The zero-order chi connectivity index (χ0) is 13.5. The third-order valence-corrected chi connectivity index (χ3v) is 4.86. The molecule has 0 saturated heterocycles. The van der Waals surface area contributed by atoms with E-state index in [9.17, 15) is 4.79 Å². The Hall–Kier alpha value is -1.09. The molecule has 1 aliphatic carbocycles. The lowest BCUT2D eigenvalue weighted by molar-refractivity contribution is -0.135. The van der Waals surface area contributed by atoms with Crippen LogP contribution in [0.3, 0.4) is 0 Å². The fraction of sp³-hybridized carbons (Fsp3) is 0.438. The highest BCUT2D eigenvalue weighted by atomic mass is 79.9. The minimum atomic E-state index is -0.167. The van der Waals surface area contributed by atoms with E-state index in [1.54, 1.807) is 0 Å². The summed E-state index contributed by atoms with van der Waals surface area (Å²) in [4.78, 5) is 14.6. The second kappa shape index (κ2) is 4.78. The molecule has 1 aromatic carbocycles. The van der Waals surface area contributed by atoms with Gasteiger partial charge in [0.2, 0.25) is 5.91 Å². The number of hydrogen-bond acceptors (Lipinski definition) is 1. The van der Waals surface area contributed by atoms with Gasteiger partial charge in [-0.3, -0.25) is 4.79 Å². The van der Waals surface area contributed by atoms with Gasteiger partial charge in [0.15, 0.2) is 0 Å². The number of carbonyl (C=O) groups excluding carboxylic acids is 1. The summed E-state index contributed by atoms with van der Waals surface area (Å²) in [5, 5.41) is 0. The summed E-state index contributed by atoms with van der Waals surface area (Å²) in [7, 11) is 0. The smallest absolute Gasteiger partial charge is 0.237 e. The average Bonchev–Trinajstić information content (AvgIpc) is 2.94. The Morgan fingerprint density at radius 2 is 1.84 bits per heavy atom. The molecule has 100 valence electrons. The molecule has 19 heavy (non-hydrogen) atoms. The predicted molar refractivity (Wildman–Crippen MR) is 79.4 cm³/mol. The van der Waals surface area contributed by atoms with Crippen molar-refractivity contribution in [1.29, 1.82) is 0 Å². The summed E-state index contributed by atoms with van der Waals surface area (Å²) in [5.74, 6) is 0.311.